The molecular formula is C17H18ClN3. The number of benzene rings is 2. The molecule has 0 amide bonds. The molecule has 1 unspecified atom stereocenters. The van der Waals surface area contributed by atoms with Gasteiger partial charge in [-0.2, -0.15) is 0 Å². The van der Waals surface area contributed by atoms with Crippen LogP contribution in [0, 0.1) is 0 Å². The molecule has 0 aliphatic heterocycles. The van der Waals surface area contributed by atoms with Crippen molar-refractivity contribution in [3.05, 3.63) is 64.9 Å². The minimum atomic E-state index is 0.000972. The molecule has 4 heteroatoms. The van der Waals surface area contributed by atoms with Crippen LogP contribution in [-0.4, -0.2) is 16.1 Å². The molecule has 0 aliphatic rings. The Hall–Kier alpha value is -1.84. The third-order valence-electron chi connectivity index (χ3n) is 3.78. The van der Waals surface area contributed by atoms with Crippen LogP contribution in [0.2, 0.25) is 5.02 Å². The number of aryl methyl sites for hydroxylation is 1. The number of rotatable bonds is 4. The number of hydrogen-bond donors (Lipinski definition) is 1. The lowest BCUT2D eigenvalue weighted by Gasteiger charge is -2.21. The Labute approximate surface area is 129 Å². The molecule has 0 saturated heterocycles. The topological polar surface area (TPSA) is 43.8 Å². The molecule has 0 fully saturated rings. The molecule has 0 radical (unpaired) electrons. The molecule has 3 rings (SSSR count). The first-order chi connectivity index (χ1) is 10.3. The molecule has 3 aromatic rings. The average molecular weight is 300 g/mol. The van der Waals surface area contributed by atoms with Crippen LogP contribution in [-0.2, 0) is 6.42 Å². The van der Waals surface area contributed by atoms with Crippen molar-refractivity contribution in [3.8, 4) is 0 Å². The molecule has 0 bridgehead atoms. The Kier molecular flexibility index (Phi) is 3.95. The summed E-state index contributed by atoms with van der Waals surface area (Å²) in [4.78, 5) is 4.72. The summed E-state index contributed by atoms with van der Waals surface area (Å²) in [5.74, 6) is 1.03. The van der Waals surface area contributed by atoms with Gasteiger partial charge in [0, 0.05) is 18.0 Å². The van der Waals surface area contributed by atoms with E-state index < -0.39 is 0 Å². The standard InChI is InChI=1S/C17H18ClN3/c1-2-17-20-14-9-5-6-10-15(14)21(17)16(11-19)12-7-3-4-8-13(12)18/h3-10,16H,2,11,19H2,1H3. The van der Waals surface area contributed by atoms with Crippen molar-refractivity contribution in [3.63, 3.8) is 0 Å². The van der Waals surface area contributed by atoms with Crippen LogP contribution >= 0.6 is 11.6 Å². The van der Waals surface area contributed by atoms with Gasteiger partial charge in [-0.05, 0) is 23.8 Å². The van der Waals surface area contributed by atoms with Crippen molar-refractivity contribution in [1.82, 2.24) is 9.55 Å². The molecule has 0 saturated carbocycles. The van der Waals surface area contributed by atoms with E-state index in [1.165, 1.54) is 0 Å². The van der Waals surface area contributed by atoms with Crippen molar-refractivity contribution in [1.29, 1.82) is 0 Å². The number of hydrogen-bond acceptors (Lipinski definition) is 2. The Bertz CT molecular complexity index is 764. The molecule has 3 nitrogen and oxygen atoms in total. The minimum absolute atomic E-state index is 0.000972. The number of nitrogens with zero attached hydrogens (tertiary/aromatic N) is 2. The van der Waals surface area contributed by atoms with Gasteiger partial charge in [-0.15, -0.1) is 0 Å². The highest BCUT2D eigenvalue weighted by Gasteiger charge is 2.20. The summed E-state index contributed by atoms with van der Waals surface area (Å²) in [5.41, 5.74) is 9.21. The van der Waals surface area contributed by atoms with E-state index in [0.29, 0.717) is 6.54 Å². The van der Waals surface area contributed by atoms with Gasteiger partial charge in [-0.25, -0.2) is 4.98 Å². The lowest BCUT2D eigenvalue weighted by atomic mass is 10.1. The maximum absolute atomic E-state index is 6.37. The summed E-state index contributed by atoms with van der Waals surface area (Å²) in [6.45, 7) is 2.59. The van der Waals surface area contributed by atoms with Crippen molar-refractivity contribution in [2.24, 2.45) is 5.73 Å². The maximum Gasteiger partial charge on any atom is 0.110 e. The second-order valence-corrected chi connectivity index (χ2v) is 5.42. The van der Waals surface area contributed by atoms with E-state index in [-0.39, 0.29) is 6.04 Å². The summed E-state index contributed by atoms with van der Waals surface area (Å²) in [6, 6.07) is 16.0. The van der Waals surface area contributed by atoms with Gasteiger partial charge >= 0.3 is 0 Å². The van der Waals surface area contributed by atoms with Crippen LogP contribution in [0.4, 0.5) is 0 Å². The van der Waals surface area contributed by atoms with E-state index >= 15 is 0 Å². The average Bonchev–Trinajstić information content (AvgIpc) is 2.89. The summed E-state index contributed by atoms with van der Waals surface area (Å²) in [7, 11) is 0. The van der Waals surface area contributed by atoms with E-state index in [1.807, 2.05) is 42.5 Å². The first-order valence-electron chi connectivity index (χ1n) is 7.16. The van der Waals surface area contributed by atoms with Crippen molar-refractivity contribution in [2.45, 2.75) is 19.4 Å². The van der Waals surface area contributed by atoms with Gasteiger partial charge in [0.15, 0.2) is 0 Å². The van der Waals surface area contributed by atoms with Gasteiger partial charge in [-0.3, -0.25) is 0 Å². The lowest BCUT2D eigenvalue weighted by molar-refractivity contribution is 0.584. The number of aromatic nitrogens is 2. The number of fused-ring (bicyclic) bond motifs is 1. The molecule has 1 heterocycles. The van der Waals surface area contributed by atoms with Gasteiger partial charge in [0.1, 0.15) is 5.82 Å². The van der Waals surface area contributed by atoms with Crippen LogP contribution in [0.3, 0.4) is 0 Å². The number of halogens is 1. The number of imidazole rings is 1. The van der Waals surface area contributed by atoms with Crippen molar-refractivity contribution < 1.29 is 0 Å². The molecule has 0 aliphatic carbocycles. The van der Waals surface area contributed by atoms with E-state index in [2.05, 4.69) is 17.6 Å². The largest absolute Gasteiger partial charge is 0.328 e. The monoisotopic (exact) mass is 299 g/mol. The van der Waals surface area contributed by atoms with Gasteiger partial charge in [0.2, 0.25) is 0 Å². The van der Waals surface area contributed by atoms with Gasteiger partial charge in [0.05, 0.1) is 17.1 Å². The second-order valence-electron chi connectivity index (χ2n) is 5.01. The van der Waals surface area contributed by atoms with Crippen LogP contribution < -0.4 is 5.73 Å². The first-order valence-corrected chi connectivity index (χ1v) is 7.54. The summed E-state index contributed by atoms with van der Waals surface area (Å²) < 4.78 is 2.22. The fourth-order valence-corrected chi connectivity index (χ4v) is 3.07. The zero-order valence-corrected chi connectivity index (χ0v) is 12.7. The normalized spacial score (nSPS) is 12.7. The smallest absolute Gasteiger partial charge is 0.110 e. The van der Waals surface area contributed by atoms with E-state index in [4.69, 9.17) is 22.3 Å². The highest BCUT2D eigenvalue weighted by atomic mass is 35.5. The molecule has 108 valence electrons. The molecule has 1 aromatic heterocycles. The molecule has 1 atom stereocenters. The van der Waals surface area contributed by atoms with Crippen LogP contribution in [0.1, 0.15) is 24.4 Å². The highest BCUT2D eigenvalue weighted by molar-refractivity contribution is 6.31. The Morgan fingerprint density at radius 1 is 1.14 bits per heavy atom. The number of nitrogens with two attached hydrogens (primary N) is 1. The summed E-state index contributed by atoms with van der Waals surface area (Å²) >= 11 is 6.37. The Morgan fingerprint density at radius 3 is 2.57 bits per heavy atom. The molecule has 21 heavy (non-hydrogen) atoms. The van der Waals surface area contributed by atoms with Crippen LogP contribution in [0.5, 0.6) is 0 Å². The molecule has 2 aromatic carbocycles. The minimum Gasteiger partial charge on any atom is -0.328 e. The first kappa shape index (κ1) is 14.1. The van der Waals surface area contributed by atoms with E-state index in [0.717, 1.165) is 33.9 Å². The quantitative estimate of drug-likeness (QED) is 0.796. The predicted octanol–water partition coefficient (Wildman–Crippen LogP) is 3.80. The van der Waals surface area contributed by atoms with Gasteiger partial charge in [-0.1, -0.05) is 48.9 Å². The van der Waals surface area contributed by atoms with E-state index in [1.54, 1.807) is 0 Å². The molecule has 0 spiro atoms. The highest BCUT2D eigenvalue weighted by Crippen LogP contribution is 2.30. The second kappa shape index (κ2) is 5.88. The van der Waals surface area contributed by atoms with Gasteiger partial charge in [0.25, 0.3) is 0 Å². The van der Waals surface area contributed by atoms with Crippen LogP contribution in [0.25, 0.3) is 11.0 Å². The third kappa shape index (κ3) is 2.43. The maximum atomic E-state index is 6.37. The Balaban J connectivity index is 2.24. The Morgan fingerprint density at radius 2 is 1.86 bits per heavy atom. The summed E-state index contributed by atoms with van der Waals surface area (Å²) in [6.07, 6.45) is 0.857. The fourth-order valence-electron chi connectivity index (χ4n) is 2.81. The lowest BCUT2D eigenvalue weighted by Crippen LogP contribution is -2.22. The fraction of sp³-hybridized carbons (Fsp3) is 0.235. The number of para-hydroxylation sites is 2. The van der Waals surface area contributed by atoms with Gasteiger partial charge < -0.3 is 10.3 Å². The molecular weight excluding hydrogens is 282 g/mol. The zero-order chi connectivity index (χ0) is 14.8. The summed E-state index contributed by atoms with van der Waals surface area (Å²) in [5, 5.41) is 0.743. The SMILES string of the molecule is CCc1nc2ccccc2n1C(CN)c1ccccc1Cl. The molecule has 2 N–H and O–H groups in total. The van der Waals surface area contributed by atoms with Crippen molar-refractivity contribution in [2.75, 3.05) is 6.54 Å². The van der Waals surface area contributed by atoms with E-state index in [9.17, 15) is 0 Å². The van der Waals surface area contributed by atoms with Crippen LogP contribution in [0.15, 0.2) is 48.5 Å². The predicted molar refractivity (Wildman–Crippen MR) is 87.8 cm³/mol. The third-order valence-corrected chi connectivity index (χ3v) is 4.13. The zero-order valence-electron chi connectivity index (χ0n) is 12.0. The van der Waals surface area contributed by atoms with Crippen molar-refractivity contribution >= 4 is 22.6 Å².